The van der Waals surface area contributed by atoms with Gasteiger partial charge in [-0.2, -0.15) is 15.4 Å². The summed E-state index contributed by atoms with van der Waals surface area (Å²) in [4.78, 5) is 9.62. The highest BCUT2D eigenvalue weighted by Gasteiger charge is 1.82. The van der Waals surface area contributed by atoms with Crippen LogP contribution in [0.1, 0.15) is 0 Å². The molecule has 0 aliphatic heterocycles. The Bertz CT molecular complexity index is 396. The Hall–Kier alpha value is -2.68. The first kappa shape index (κ1) is 30.4. The molecule has 0 spiro atoms. The van der Waals surface area contributed by atoms with Crippen molar-refractivity contribution in [1.82, 2.24) is 15.4 Å². The lowest BCUT2D eigenvalue weighted by Crippen LogP contribution is -1.84. The SMILES string of the molecule is F.F.F.F.O=C=NNc1ccccc1.[B].c1cn[nH]n1. The predicted octanol–water partition coefficient (Wildman–Crippen LogP) is 1.38. The Morgan fingerprint density at radius 2 is 1.50 bits per heavy atom. The smallest absolute Gasteiger partial charge is 0.258 e. The molecule has 0 bridgehead atoms. The highest BCUT2D eigenvalue weighted by Crippen LogP contribution is 2.03. The number of benzene rings is 1. The van der Waals surface area contributed by atoms with Crippen molar-refractivity contribution < 1.29 is 23.6 Å². The normalized spacial score (nSPS) is 6.00. The largest absolute Gasteiger partial charge is 0.269 e. The van der Waals surface area contributed by atoms with Crippen molar-refractivity contribution in [3.05, 3.63) is 42.7 Å². The van der Waals surface area contributed by atoms with Crippen LogP contribution in [0.15, 0.2) is 47.8 Å². The fourth-order valence-electron chi connectivity index (χ4n) is 0.767. The summed E-state index contributed by atoms with van der Waals surface area (Å²) in [5.41, 5.74) is 3.28. The van der Waals surface area contributed by atoms with Crippen LogP contribution < -0.4 is 5.43 Å². The number of aromatic nitrogens is 3. The molecule has 111 valence electrons. The van der Waals surface area contributed by atoms with Crippen LogP contribution in [0.25, 0.3) is 0 Å². The fourth-order valence-corrected chi connectivity index (χ4v) is 0.767. The van der Waals surface area contributed by atoms with Crippen molar-refractivity contribution in [2.24, 2.45) is 5.10 Å². The molecule has 20 heavy (non-hydrogen) atoms. The van der Waals surface area contributed by atoms with Crippen LogP contribution in [0, 0.1) is 0 Å². The van der Waals surface area contributed by atoms with Gasteiger partial charge < -0.3 is 0 Å². The number of H-pyrrole nitrogens is 1. The zero-order chi connectivity index (χ0) is 10.8. The van der Waals surface area contributed by atoms with E-state index in [1.807, 2.05) is 18.2 Å². The second-order valence-corrected chi connectivity index (χ2v) is 2.34. The highest BCUT2D eigenvalue weighted by molar-refractivity contribution is 5.75. The number of hydrogen-bond donors (Lipinski definition) is 2. The molecule has 11 heteroatoms. The van der Waals surface area contributed by atoms with Gasteiger partial charge in [0.2, 0.25) is 0 Å². The van der Waals surface area contributed by atoms with Gasteiger partial charge in [-0.25, -0.2) is 4.79 Å². The monoisotopic (exact) mass is 294 g/mol. The quantitative estimate of drug-likeness (QED) is 0.288. The topological polar surface area (TPSA) is 83.0 Å². The summed E-state index contributed by atoms with van der Waals surface area (Å²) in [6.07, 6.45) is 4.55. The molecule has 0 saturated heterocycles. The fraction of sp³-hybridized carbons (Fsp3) is 0. The molecule has 2 N–H and O–H groups in total. The summed E-state index contributed by atoms with van der Waals surface area (Å²) < 4.78 is 0. The Kier molecular flexibility index (Phi) is 32.8. The molecule has 0 saturated carbocycles. The van der Waals surface area contributed by atoms with Crippen molar-refractivity contribution in [2.75, 3.05) is 5.43 Å². The van der Waals surface area contributed by atoms with Gasteiger partial charge >= 0.3 is 0 Å². The highest BCUT2D eigenvalue weighted by atomic mass is 19.0. The van der Waals surface area contributed by atoms with E-state index in [0.29, 0.717) is 0 Å². The predicted molar refractivity (Wildman–Crippen MR) is 70.3 cm³/mol. The Morgan fingerprint density at radius 3 is 1.85 bits per heavy atom. The average Bonchev–Trinajstić information content (AvgIpc) is 2.86. The Labute approximate surface area is 113 Å². The number of aromatic amines is 1. The zero-order valence-electron chi connectivity index (χ0n) is 10.0. The van der Waals surface area contributed by atoms with Crippen molar-refractivity contribution in [1.29, 1.82) is 0 Å². The lowest BCUT2D eigenvalue weighted by atomic mass is 10.3. The molecule has 0 fully saturated rings. The third-order valence-electron chi connectivity index (χ3n) is 1.34. The van der Waals surface area contributed by atoms with E-state index >= 15 is 0 Å². The van der Waals surface area contributed by atoms with Crippen LogP contribution in [0.3, 0.4) is 0 Å². The molecule has 6 nitrogen and oxygen atoms in total. The zero-order valence-corrected chi connectivity index (χ0v) is 10.0. The molecule has 0 amide bonds. The van der Waals surface area contributed by atoms with E-state index in [1.54, 1.807) is 24.5 Å². The molecule has 1 aromatic carbocycles. The maximum Gasteiger partial charge on any atom is 0.258 e. The molecular weight excluding hydrogens is 281 g/mol. The molecule has 1 aromatic heterocycles. The molecule has 1 heterocycles. The van der Waals surface area contributed by atoms with Crippen LogP contribution in [0.4, 0.5) is 24.5 Å². The van der Waals surface area contributed by atoms with Gasteiger partial charge in [-0.05, 0) is 12.1 Å². The number of carbonyl (C=O) groups excluding carboxylic acids is 1. The molecule has 0 unspecified atom stereocenters. The van der Waals surface area contributed by atoms with Gasteiger partial charge in [-0.1, -0.05) is 23.3 Å². The maximum absolute atomic E-state index is 9.62. The van der Waals surface area contributed by atoms with E-state index in [1.165, 1.54) is 6.08 Å². The van der Waals surface area contributed by atoms with Crippen molar-refractivity contribution >= 4 is 20.2 Å². The minimum Gasteiger partial charge on any atom is -0.269 e. The lowest BCUT2D eigenvalue weighted by Gasteiger charge is -1.93. The number of nitrogens with zero attached hydrogens (tertiary/aromatic N) is 3. The van der Waals surface area contributed by atoms with E-state index in [-0.39, 0.29) is 27.2 Å². The average molecular weight is 294 g/mol. The molecule has 2 aromatic rings. The first-order valence-electron chi connectivity index (χ1n) is 4.11. The molecule has 0 atom stereocenters. The number of isocyanates is 1. The lowest BCUT2D eigenvalue weighted by molar-refractivity contribution is 0.564. The molecular formula is C9H13BF4N5O. The minimum absolute atomic E-state index is 0. The molecule has 3 radical (unpaired) electrons. The van der Waals surface area contributed by atoms with E-state index < -0.39 is 0 Å². The van der Waals surface area contributed by atoms with Gasteiger partial charge in [0.1, 0.15) is 0 Å². The standard InChI is InChI=1S/C7H6N2O.C2H3N3.B.4FH/c10-6-8-9-7-4-2-1-3-5-7;1-2-4-5-3-1;;;;;/h1-5,9H;1-2H,(H,3,4,5);;4*1H. The maximum atomic E-state index is 9.62. The van der Waals surface area contributed by atoms with Crippen molar-refractivity contribution in [3.63, 3.8) is 0 Å². The van der Waals surface area contributed by atoms with Gasteiger partial charge in [-0.3, -0.25) is 24.2 Å². The van der Waals surface area contributed by atoms with Gasteiger partial charge in [0.15, 0.2) is 0 Å². The number of hydrogen-bond acceptors (Lipinski definition) is 5. The summed E-state index contributed by atoms with van der Waals surface area (Å²) in [6.45, 7) is 0. The first-order chi connectivity index (χ1) is 7.43. The van der Waals surface area contributed by atoms with Crippen LogP contribution in [-0.2, 0) is 4.79 Å². The van der Waals surface area contributed by atoms with Crippen molar-refractivity contribution in [2.45, 2.75) is 0 Å². The third-order valence-corrected chi connectivity index (χ3v) is 1.34. The minimum atomic E-state index is 0. The second kappa shape index (κ2) is 21.6. The van der Waals surface area contributed by atoms with Gasteiger partial charge in [0.05, 0.1) is 18.1 Å². The number of para-hydroxylation sites is 1. The number of nitrogens with one attached hydrogen (secondary N) is 2. The Balaban J connectivity index is -0.0000000667. The Morgan fingerprint density at radius 1 is 1.00 bits per heavy atom. The summed E-state index contributed by atoms with van der Waals surface area (Å²) in [5.74, 6) is 0. The first-order valence-corrected chi connectivity index (χ1v) is 4.11. The third kappa shape index (κ3) is 15.3. The van der Waals surface area contributed by atoms with Crippen molar-refractivity contribution in [3.8, 4) is 0 Å². The molecule has 0 aliphatic carbocycles. The van der Waals surface area contributed by atoms with Crippen LogP contribution in [0.2, 0.25) is 0 Å². The molecule has 0 aliphatic rings. The molecule has 2 rings (SSSR count). The summed E-state index contributed by atoms with van der Waals surface area (Å²) in [7, 11) is 0. The number of rotatable bonds is 2. The summed E-state index contributed by atoms with van der Waals surface area (Å²) >= 11 is 0. The van der Waals surface area contributed by atoms with E-state index in [2.05, 4.69) is 25.9 Å². The van der Waals surface area contributed by atoms with Gasteiger partial charge in [0, 0.05) is 8.41 Å². The summed E-state index contributed by atoms with van der Waals surface area (Å²) in [6, 6.07) is 9.20. The van der Waals surface area contributed by atoms with Crippen LogP contribution in [0.5, 0.6) is 0 Å². The number of halogens is 4. The van der Waals surface area contributed by atoms with Crippen LogP contribution >= 0.6 is 0 Å². The second-order valence-electron chi connectivity index (χ2n) is 2.34. The van der Waals surface area contributed by atoms with E-state index in [0.717, 1.165) is 5.69 Å². The van der Waals surface area contributed by atoms with E-state index in [4.69, 9.17) is 0 Å². The van der Waals surface area contributed by atoms with Gasteiger partial charge in [-0.15, -0.1) is 0 Å². The summed E-state index contributed by atoms with van der Waals surface area (Å²) in [5, 5.41) is 12.5. The number of anilines is 1. The number of hydrazone groups is 1. The van der Waals surface area contributed by atoms with Gasteiger partial charge in [0.25, 0.3) is 6.08 Å². The van der Waals surface area contributed by atoms with E-state index in [9.17, 15) is 4.79 Å². The van der Waals surface area contributed by atoms with Crippen LogP contribution in [-0.4, -0.2) is 29.9 Å².